The maximum absolute atomic E-state index is 11.1. The standard InChI is InChI=1S/C7H14N2O.C2H4O.C2H6/c1-8-6-4-2-3-5-9-7(6)10;1-2-3;1-2/h6,8H,2-5H2,1H3,(H,9,10);2H,1H3;1-2H3. The fraction of sp³-hybridized carbons (Fsp3) is 0.818. The van der Waals surface area contributed by atoms with Crippen molar-refractivity contribution in [3.05, 3.63) is 0 Å². The Morgan fingerprint density at radius 1 is 1.40 bits per heavy atom. The van der Waals surface area contributed by atoms with Gasteiger partial charge in [0.15, 0.2) is 0 Å². The summed E-state index contributed by atoms with van der Waals surface area (Å²) in [5.74, 6) is 0.153. The first-order valence-corrected chi connectivity index (χ1v) is 5.61. The number of nitrogens with one attached hydrogen (secondary N) is 2. The van der Waals surface area contributed by atoms with Crippen LogP contribution in [-0.4, -0.2) is 31.8 Å². The minimum absolute atomic E-state index is 0.0440. The highest BCUT2D eigenvalue weighted by molar-refractivity contribution is 5.81. The second-order valence-corrected chi connectivity index (χ2v) is 2.86. The number of aldehydes is 1. The van der Waals surface area contributed by atoms with Crippen molar-refractivity contribution >= 4 is 12.2 Å². The van der Waals surface area contributed by atoms with Crippen LogP contribution in [0.2, 0.25) is 0 Å². The smallest absolute Gasteiger partial charge is 0.237 e. The summed E-state index contributed by atoms with van der Waals surface area (Å²) < 4.78 is 0. The summed E-state index contributed by atoms with van der Waals surface area (Å²) in [7, 11) is 1.83. The Morgan fingerprint density at radius 2 is 1.93 bits per heavy atom. The molecule has 15 heavy (non-hydrogen) atoms. The van der Waals surface area contributed by atoms with Gasteiger partial charge in [-0.2, -0.15) is 0 Å². The third kappa shape index (κ3) is 9.41. The lowest BCUT2D eigenvalue weighted by molar-refractivity contribution is -0.122. The van der Waals surface area contributed by atoms with Gasteiger partial charge in [-0.1, -0.05) is 13.8 Å². The lowest BCUT2D eigenvalue weighted by Crippen LogP contribution is -2.40. The van der Waals surface area contributed by atoms with Crippen molar-refractivity contribution in [2.24, 2.45) is 0 Å². The molecule has 1 aliphatic heterocycles. The highest BCUT2D eigenvalue weighted by atomic mass is 16.2. The van der Waals surface area contributed by atoms with E-state index in [0.717, 1.165) is 32.1 Å². The second kappa shape index (κ2) is 13.1. The molecule has 1 fully saturated rings. The Hall–Kier alpha value is -0.900. The molecule has 2 N–H and O–H groups in total. The van der Waals surface area contributed by atoms with Crippen molar-refractivity contribution in [1.29, 1.82) is 0 Å². The normalized spacial score (nSPS) is 19.5. The lowest BCUT2D eigenvalue weighted by Gasteiger charge is -2.10. The van der Waals surface area contributed by atoms with Crippen molar-refractivity contribution in [3.8, 4) is 0 Å². The minimum Gasteiger partial charge on any atom is -0.355 e. The fourth-order valence-electron chi connectivity index (χ4n) is 1.21. The monoisotopic (exact) mass is 216 g/mol. The Labute approximate surface area is 92.8 Å². The number of rotatable bonds is 1. The predicted molar refractivity (Wildman–Crippen MR) is 62.8 cm³/mol. The van der Waals surface area contributed by atoms with E-state index in [0.29, 0.717) is 0 Å². The van der Waals surface area contributed by atoms with Gasteiger partial charge >= 0.3 is 0 Å². The van der Waals surface area contributed by atoms with Crippen LogP contribution in [0, 0.1) is 0 Å². The van der Waals surface area contributed by atoms with Gasteiger partial charge in [0.1, 0.15) is 6.29 Å². The van der Waals surface area contributed by atoms with Crippen molar-refractivity contribution in [3.63, 3.8) is 0 Å². The van der Waals surface area contributed by atoms with E-state index in [1.165, 1.54) is 6.92 Å². The zero-order valence-electron chi connectivity index (χ0n) is 10.3. The first kappa shape index (κ1) is 16.5. The third-order valence-electron chi connectivity index (χ3n) is 1.88. The van der Waals surface area contributed by atoms with E-state index in [-0.39, 0.29) is 11.9 Å². The molecule has 0 aromatic rings. The molecule has 0 radical (unpaired) electrons. The van der Waals surface area contributed by atoms with Gasteiger partial charge in [0.25, 0.3) is 0 Å². The number of hydrogen-bond acceptors (Lipinski definition) is 3. The second-order valence-electron chi connectivity index (χ2n) is 2.86. The van der Waals surface area contributed by atoms with Crippen molar-refractivity contribution in [2.45, 2.75) is 46.1 Å². The van der Waals surface area contributed by atoms with Crippen molar-refractivity contribution in [2.75, 3.05) is 13.6 Å². The predicted octanol–water partition coefficient (Wildman–Crippen LogP) is 1.11. The maximum atomic E-state index is 11.1. The Kier molecular flexibility index (Phi) is 14.4. The van der Waals surface area contributed by atoms with Crippen molar-refractivity contribution in [1.82, 2.24) is 10.6 Å². The molecule has 1 aliphatic rings. The van der Waals surface area contributed by atoms with E-state index in [4.69, 9.17) is 4.79 Å². The van der Waals surface area contributed by atoms with E-state index < -0.39 is 0 Å². The quantitative estimate of drug-likeness (QED) is 0.645. The molecule has 0 saturated carbocycles. The van der Waals surface area contributed by atoms with Crippen LogP contribution in [0.3, 0.4) is 0 Å². The van der Waals surface area contributed by atoms with Crippen LogP contribution < -0.4 is 10.6 Å². The van der Waals surface area contributed by atoms with Crippen LogP contribution in [0.1, 0.15) is 40.0 Å². The first-order valence-electron chi connectivity index (χ1n) is 5.61. The Balaban J connectivity index is 0. The molecular formula is C11H24N2O2. The number of hydrogen-bond donors (Lipinski definition) is 2. The van der Waals surface area contributed by atoms with Crippen LogP contribution in [0.25, 0.3) is 0 Å². The number of carbonyl (C=O) groups is 2. The highest BCUT2D eigenvalue weighted by Gasteiger charge is 2.17. The molecule has 1 saturated heterocycles. The van der Waals surface area contributed by atoms with E-state index in [9.17, 15) is 4.79 Å². The molecule has 0 bridgehead atoms. The first-order chi connectivity index (χ1) is 7.26. The van der Waals surface area contributed by atoms with E-state index >= 15 is 0 Å². The van der Waals surface area contributed by atoms with Crippen LogP contribution >= 0.6 is 0 Å². The zero-order valence-corrected chi connectivity index (χ0v) is 10.3. The average Bonchev–Trinajstić information content (AvgIpc) is 2.47. The summed E-state index contributed by atoms with van der Waals surface area (Å²) in [6.07, 6.45) is 3.98. The molecule has 1 unspecified atom stereocenters. The van der Waals surface area contributed by atoms with Gasteiger partial charge in [0, 0.05) is 6.54 Å². The molecule has 4 nitrogen and oxygen atoms in total. The summed E-state index contributed by atoms with van der Waals surface area (Å²) in [5, 5.41) is 5.83. The SMILES string of the molecule is CC.CC=O.CNC1CCCCNC1=O. The van der Waals surface area contributed by atoms with Crippen molar-refractivity contribution < 1.29 is 9.59 Å². The molecule has 1 rings (SSSR count). The number of likely N-dealkylation sites (N-methyl/N-ethyl adjacent to an activating group) is 1. The average molecular weight is 216 g/mol. The summed E-state index contributed by atoms with van der Waals surface area (Å²) in [5.41, 5.74) is 0. The van der Waals surface area contributed by atoms with Crippen LogP contribution in [0.5, 0.6) is 0 Å². The van der Waals surface area contributed by atoms with E-state index in [2.05, 4.69) is 10.6 Å². The molecule has 1 amide bonds. The molecule has 1 heterocycles. The topological polar surface area (TPSA) is 58.2 Å². The van der Waals surface area contributed by atoms with Crippen LogP contribution in [0.15, 0.2) is 0 Å². The largest absolute Gasteiger partial charge is 0.355 e. The molecule has 4 heteroatoms. The Bertz CT molecular complexity index is 161. The van der Waals surface area contributed by atoms with Gasteiger partial charge in [-0.3, -0.25) is 4.79 Å². The van der Waals surface area contributed by atoms with Gasteiger partial charge in [0.2, 0.25) is 5.91 Å². The maximum Gasteiger partial charge on any atom is 0.237 e. The highest BCUT2D eigenvalue weighted by Crippen LogP contribution is 2.03. The molecule has 0 aliphatic carbocycles. The van der Waals surface area contributed by atoms with E-state index in [1.807, 2.05) is 20.9 Å². The molecule has 0 aromatic heterocycles. The molecule has 90 valence electrons. The van der Waals surface area contributed by atoms with Gasteiger partial charge in [-0.05, 0) is 33.2 Å². The van der Waals surface area contributed by atoms with Gasteiger partial charge in [-0.25, -0.2) is 0 Å². The summed E-state index contributed by atoms with van der Waals surface area (Å²) in [6.45, 7) is 6.29. The van der Waals surface area contributed by atoms with Gasteiger partial charge in [-0.15, -0.1) is 0 Å². The van der Waals surface area contributed by atoms with Gasteiger partial charge < -0.3 is 15.4 Å². The Morgan fingerprint density at radius 3 is 2.40 bits per heavy atom. The third-order valence-corrected chi connectivity index (χ3v) is 1.88. The van der Waals surface area contributed by atoms with E-state index in [1.54, 1.807) is 0 Å². The molecule has 0 spiro atoms. The zero-order chi connectivity index (χ0) is 12.1. The molecule has 0 aromatic carbocycles. The lowest BCUT2D eigenvalue weighted by atomic mass is 10.1. The number of amides is 1. The summed E-state index contributed by atoms with van der Waals surface area (Å²) in [4.78, 5) is 19.9. The summed E-state index contributed by atoms with van der Waals surface area (Å²) in [6, 6.07) is 0.0440. The minimum atomic E-state index is 0.0440. The van der Waals surface area contributed by atoms with Crippen LogP contribution in [-0.2, 0) is 9.59 Å². The number of carbonyl (C=O) groups excluding carboxylic acids is 2. The molecule has 1 atom stereocenters. The van der Waals surface area contributed by atoms with Crippen LogP contribution in [0.4, 0.5) is 0 Å². The molecular weight excluding hydrogens is 192 g/mol. The summed E-state index contributed by atoms with van der Waals surface area (Å²) >= 11 is 0. The van der Waals surface area contributed by atoms with Gasteiger partial charge in [0.05, 0.1) is 6.04 Å². The fourth-order valence-corrected chi connectivity index (χ4v) is 1.21.